The summed E-state index contributed by atoms with van der Waals surface area (Å²) >= 11 is 1.74. The molecule has 0 aliphatic carbocycles. The van der Waals surface area contributed by atoms with Crippen molar-refractivity contribution in [2.24, 2.45) is 10.8 Å². The van der Waals surface area contributed by atoms with Gasteiger partial charge in [-0.15, -0.1) is 24.9 Å². The van der Waals surface area contributed by atoms with Gasteiger partial charge in [0.25, 0.3) is 0 Å². The molecule has 0 spiro atoms. The molecule has 0 aromatic heterocycles. The van der Waals surface area contributed by atoms with Gasteiger partial charge in [0.15, 0.2) is 5.78 Å². The predicted molar refractivity (Wildman–Crippen MR) is 92.3 cm³/mol. The summed E-state index contributed by atoms with van der Waals surface area (Å²) in [5.74, 6) is 0.882. The highest BCUT2D eigenvalue weighted by molar-refractivity contribution is 8.00. The lowest BCUT2D eigenvalue weighted by Crippen LogP contribution is -2.69. The lowest BCUT2D eigenvalue weighted by atomic mass is 9.71. The summed E-state index contributed by atoms with van der Waals surface area (Å²) in [4.78, 5) is 27.4. The molecule has 1 saturated heterocycles. The Bertz CT molecular complexity index is 558. The minimum Gasteiger partial charge on any atom is -0.295 e. The van der Waals surface area contributed by atoms with Crippen molar-refractivity contribution in [2.75, 3.05) is 5.75 Å². The molecule has 0 saturated carbocycles. The van der Waals surface area contributed by atoms with Crippen LogP contribution in [0, 0.1) is 10.8 Å². The zero-order valence-corrected chi connectivity index (χ0v) is 14.8. The van der Waals surface area contributed by atoms with Gasteiger partial charge >= 0.3 is 0 Å². The van der Waals surface area contributed by atoms with E-state index in [9.17, 15) is 9.59 Å². The molecule has 0 N–H and O–H groups in total. The van der Waals surface area contributed by atoms with E-state index in [0.717, 1.165) is 11.3 Å². The van der Waals surface area contributed by atoms with E-state index < -0.39 is 10.8 Å². The quantitative estimate of drug-likeness (QED) is 0.569. The number of fused-ring (bicyclic) bond motifs is 1. The highest BCUT2D eigenvalue weighted by Gasteiger charge is 2.62. The standard InChI is InChI=1S/C18H25NO2S/c1-7-9-18(10-8-2)15(21)19-13(14(20)17(4,5)6)12(3)11-22-16(18)19/h7-8,16H,1-2,9-11H2,3-6H3/t16-/m0/s1. The number of β-lactam (4-membered cyclic amide) rings is 1. The first-order valence-electron chi connectivity index (χ1n) is 7.62. The number of thioether (sulfide) groups is 1. The summed E-state index contributed by atoms with van der Waals surface area (Å²) in [5.41, 5.74) is 0.655. The number of amides is 1. The Kier molecular flexibility index (Phi) is 4.44. The lowest BCUT2D eigenvalue weighted by Gasteiger charge is -2.58. The number of carbonyl (C=O) groups excluding carboxylic acids is 2. The Hall–Kier alpha value is -1.29. The number of rotatable bonds is 5. The van der Waals surface area contributed by atoms with E-state index in [1.54, 1.807) is 28.8 Å². The van der Waals surface area contributed by atoms with E-state index in [2.05, 4.69) is 13.2 Å². The Balaban J connectivity index is 2.42. The van der Waals surface area contributed by atoms with Crippen molar-refractivity contribution < 1.29 is 9.59 Å². The van der Waals surface area contributed by atoms with E-state index in [0.29, 0.717) is 18.5 Å². The van der Waals surface area contributed by atoms with Gasteiger partial charge in [0.1, 0.15) is 0 Å². The van der Waals surface area contributed by atoms with E-state index >= 15 is 0 Å². The van der Waals surface area contributed by atoms with Crippen LogP contribution >= 0.6 is 11.8 Å². The number of Topliss-reactive ketones (excluding diaryl/α,β-unsaturated/α-hetero) is 1. The monoisotopic (exact) mass is 319 g/mol. The third-order valence-electron chi connectivity index (χ3n) is 4.37. The average molecular weight is 319 g/mol. The van der Waals surface area contributed by atoms with Crippen LogP contribution in [0.1, 0.15) is 40.5 Å². The van der Waals surface area contributed by atoms with Gasteiger partial charge in [0.05, 0.1) is 16.5 Å². The molecule has 0 bridgehead atoms. The molecule has 2 rings (SSSR count). The highest BCUT2D eigenvalue weighted by Crippen LogP contribution is 2.55. The first-order chi connectivity index (χ1) is 10.2. The molecule has 2 aliphatic rings. The van der Waals surface area contributed by atoms with Crippen LogP contribution < -0.4 is 0 Å². The zero-order valence-electron chi connectivity index (χ0n) is 13.9. The number of nitrogens with zero attached hydrogens (tertiary/aromatic N) is 1. The van der Waals surface area contributed by atoms with Crippen molar-refractivity contribution in [3.63, 3.8) is 0 Å². The fourth-order valence-corrected chi connectivity index (χ4v) is 4.70. The Morgan fingerprint density at radius 2 is 1.91 bits per heavy atom. The fraction of sp³-hybridized carbons (Fsp3) is 0.556. The molecule has 0 unspecified atom stereocenters. The molecule has 22 heavy (non-hydrogen) atoms. The molecule has 1 atom stereocenters. The molecule has 0 aromatic carbocycles. The maximum Gasteiger partial charge on any atom is 0.237 e. The second kappa shape index (κ2) is 5.73. The average Bonchev–Trinajstić information content (AvgIpc) is 2.44. The van der Waals surface area contributed by atoms with Crippen LogP contribution in [-0.4, -0.2) is 27.7 Å². The Morgan fingerprint density at radius 1 is 1.36 bits per heavy atom. The number of allylic oxidation sites excluding steroid dienone is 3. The van der Waals surface area contributed by atoms with Crippen molar-refractivity contribution in [3.05, 3.63) is 36.6 Å². The van der Waals surface area contributed by atoms with Crippen molar-refractivity contribution in [3.8, 4) is 0 Å². The van der Waals surface area contributed by atoms with Gasteiger partial charge in [-0.2, -0.15) is 0 Å². The molecule has 120 valence electrons. The molecular formula is C18H25NO2S. The van der Waals surface area contributed by atoms with Crippen LogP contribution in [0.4, 0.5) is 0 Å². The van der Waals surface area contributed by atoms with Crippen LogP contribution in [0.3, 0.4) is 0 Å². The third kappa shape index (κ3) is 2.37. The van der Waals surface area contributed by atoms with Gasteiger partial charge in [-0.3, -0.25) is 14.5 Å². The summed E-state index contributed by atoms with van der Waals surface area (Å²) < 4.78 is 0. The van der Waals surface area contributed by atoms with Gasteiger partial charge in [-0.05, 0) is 25.3 Å². The smallest absolute Gasteiger partial charge is 0.237 e. The molecule has 2 aliphatic heterocycles. The van der Waals surface area contributed by atoms with Gasteiger partial charge in [0, 0.05) is 11.2 Å². The number of hydrogen-bond donors (Lipinski definition) is 0. The number of ketones is 1. The lowest BCUT2D eigenvalue weighted by molar-refractivity contribution is -0.161. The fourth-order valence-electron chi connectivity index (χ4n) is 3.20. The number of hydrogen-bond acceptors (Lipinski definition) is 3. The summed E-state index contributed by atoms with van der Waals surface area (Å²) in [6.07, 6.45) is 4.86. The molecule has 1 fully saturated rings. The van der Waals surface area contributed by atoms with Crippen molar-refractivity contribution in [2.45, 2.75) is 45.9 Å². The van der Waals surface area contributed by atoms with Gasteiger partial charge < -0.3 is 0 Å². The van der Waals surface area contributed by atoms with Gasteiger partial charge in [-0.25, -0.2) is 0 Å². The van der Waals surface area contributed by atoms with Crippen molar-refractivity contribution >= 4 is 23.5 Å². The maximum absolute atomic E-state index is 12.9. The van der Waals surface area contributed by atoms with Gasteiger partial charge in [0.2, 0.25) is 5.91 Å². The second-order valence-electron chi connectivity index (χ2n) is 7.19. The molecule has 3 nitrogen and oxygen atoms in total. The number of carbonyl (C=O) groups is 2. The van der Waals surface area contributed by atoms with E-state index in [4.69, 9.17) is 0 Å². The minimum absolute atomic E-state index is 0.0148. The summed E-state index contributed by atoms with van der Waals surface area (Å²) in [6, 6.07) is 0. The Labute approximate surface area is 137 Å². The van der Waals surface area contributed by atoms with Crippen LogP contribution in [0.25, 0.3) is 0 Å². The molecular weight excluding hydrogens is 294 g/mol. The van der Waals surface area contributed by atoms with Crippen LogP contribution in [0.15, 0.2) is 36.6 Å². The van der Waals surface area contributed by atoms with Crippen molar-refractivity contribution in [1.29, 1.82) is 0 Å². The van der Waals surface area contributed by atoms with E-state index in [1.807, 2.05) is 27.7 Å². The third-order valence-corrected chi connectivity index (χ3v) is 5.95. The first kappa shape index (κ1) is 17.1. The minimum atomic E-state index is -0.488. The van der Waals surface area contributed by atoms with E-state index in [1.165, 1.54) is 0 Å². The molecule has 2 heterocycles. The Morgan fingerprint density at radius 3 is 2.36 bits per heavy atom. The van der Waals surface area contributed by atoms with Crippen LogP contribution in [0.2, 0.25) is 0 Å². The topological polar surface area (TPSA) is 37.4 Å². The molecule has 1 amide bonds. The zero-order chi connectivity index (χ0) is 16.7. The highest BCUT2D eigenvalue weighted by atomic mass is 32.2. The summed E-state index contributed by atoms with van der Waals surface area (Å²) in [6.45, 7) is 15.2. The van der Waals surface area contributed by atoms with Gasteiger partial charge in [-0.1, -0.05) is 32.9 Å². The normalized spacial score (nSPS) is 23.7. The summed E-state index contributed by atoms with van der Waals surface area (Å²) in [7, 11) is 0. The largest absolute Gasteiger partial charge is 0.295 e. The van der Waals surface area contributed by atoms with Crippen molar-refractivity contribution in [1.82, 2.24) is 4.90 Å². The maximum atomic E-state index is 12.9. The molecule has 0 aromatic rings. The van der Waals surface area contributed by atoms with Crippen LogP contribution in [-0.2, 0) is 9.59 Å². The van der Waals surface area contributed by atoms with Crippen LogP contribution in [0.5, 0.6) is 0 Å². The first-order valence-corrected chi connectivity index (χ1v) is 8.67. The van der Waals surface area contributed by atoms with E-state index in [-0.39, 0.29) is 17.1 Å². The summed E-state index contributed by atoms with van der Waals surface area (Å²) in [5, 5.41) is 0.0148. The second-order valence-corrected chi connectivity index (χ2v) is 8.26. The molecule has 0 radical (unpaired) electrons. The predicted octanol–water partition coefficient (Wildman–Crippen LogP) is 3.93. The SMILES string of the molecule is C=CCC1(CC=C)C(=O)N2C(C(=O)C(C)(C)C)=C(C)CS[C@H]21. The molecule has 4 heteroatoms.